The fourth-order valence-corrected chi connectivity index (χ4v) is 4.49. The van der Waals surface area contributed by atoms with E-state index in [-0.39, 0.29) is 19.5 Å². The average Bonchev–Trinajstić information content (AvgIpc) is 2.93. The van der Waals surface area contributed by atoms with Gasteiger partial charge in [-0.3, -0.25) is 14.6 Å². The fraction of sp³-hybridized carbons (Fsp3) is 0.227. The summed E-state index contributed by atoms with van der Waals surface area (Å²) in [6.45, 7) is -0.142. The number of hydrogen-bond donors (Lipinski definition) is 1. The number of nitrogens with zero attached hydrogens (tertiary/aromatic N) is 4. The fourth-order valence-electron chi connectivity index (χ4n) is 4.49. The van der Waals surface area contributed by atoms with Crippen molar-refractivity contribution < 1.29 is 23.1 Å². The minimum Gasteiger partial charge on any atom is -0.502 e. The van der Waals surface area contributed by atoms with Gasteiger partial charge in [-0.1, -0.05) is 24.3 Å². The molecule has 2 aromatic carbocycles. The van der Waals surface area contributed by atoms with Crippen molar-refractivity contribution in [3.05, 3.63) is 92.2 Å². The highest BCUT2D eigenvalue weighted by molar-refractivity contribution is 5.95. The van der Waals surface area contributed by atoms with Crippen LogP contribution in [0.1, 0.15) is 38.8 Å². The summed E-state index contributed by atoms with van der Waals surface area (Å²) >= 11 is 0. The van der Waals surface area contributed by atoms with Gasteiger partial charge < -0.3 is 10.0 Å². The molecule has 0 spiro atoms. The minimum absolute atomic E-state index is 0.142. The molecule has 2 aliphatic rings. The Morgan fingerprint density at radius 2 is 1.53 bits per heavy atom. The van der Waals surface area contributed by atoms with E-state index in [9.17, 15) is 27.9 Å². The molecule has 0 saturated heterocycles. The van der Waals surface area contributed by atoms with E-state index in [1.807, 2.05) is 0 Å². The molecule has 2 heterocycles. The largest absolute Gasteiger partial charge is 0.502 e. The molecule has 0 fully saturated rings. The van der Waals surface area contributed by atoms with Crippen LogP contribution >= 0.6 is 0 Å². The first-order chi connectivity index (χ1) is 15.3. The van der Waals surface area contributed by atoms with E-state index in [4.69, 9.17) is 0 Å². The maximum Gasteiger partial charge on any atom is 0.284 e. The Morgan fingerprint density at radius 1 is 0.969 bits per heavy atom. The summed E-state index contributed by atoms with van der Waals surface area (Å²) in [6, 6.07) is 8.13. The lowest BCUT2D eigenvalue weighted by Crippen LogP contribution is -2.55. The molecule has 164 valence electrons. The lowest BCUT2D eigenvalue weighted by Gasteiger charge is -2.42. The third kappa shape index (κ3) is 2.79. The Hall–Kier alpha value is -3.82. The van der Waals surface area contributed by atoms with Crippen LogP contribution in [0.4, 0.5) is 13.2 Å². The van der Waals surface area contributed by atoms with Gasteiger partial charge in [0.25, 0.3) is 17.3 Å². The highest BCUT2D eigenvalue weighted by Crippen LogP contribution is 2.39. The first kappa shape index (κ1) is 20.1. The van der Waals surface area contributed by atoms with Crippen LogP contribution in [0.3, 0.4) is 0 Å². The zero-order valence-corrected chi connectivity index (χ0v) is 16.8. The number of amides is 1. The van der Waals surface area contributed by atoms with Crippen molar-refractivity contribution >= 4 is 5.91 Å². The molecule has 1 aromatic heterocycles. The summed E-state index contributed by atoms with van der Waals surface area (Å²) in [7, 11) is 1.43. The van der Waals surface area contributed by atoms with Crippen molar-refractivity contribution in [3.8, 4) is 5.75 Å². The van der Waals surface area contributed by atoms with Crippen LogP contribution in [0, 0.1) is 17.6 Å². The number of benzene rings is 2. The van der Waals surface area contributed by atoms with E-state index in [2.05, 4.69) is 5.10 Å². The number of rotatable bonds is 1. The van der Waals surface area contributed by atoms with E-state index in [0.717, 1.165) is 4.79 Å². The molecule has 1 amide bonds. The first-order valence-electron chi connectivity index (χ1n) is 9.88. The molecular formula is C22H17F3N4O3. The van der Waals surface area contributed by atoms with Crippen LogP contribution in [0.25, 0.3) is 0 Å². The molecular weight excluding hydrogens is 425 g/mol. The predicted molar refractivity (Wildman–Crippen MR) is 107 cm³/mol. The average molecular weight is 442 g/mol. The molecule has 10 heteroatoms. The summed E-state index contributed by atoms with van der Waals surface area (Å²) in [5.41, 5.74) is -0.226. The second-order valence-corrected chi connectivity index (χ2v) is 7.81. The minimum atomic E-state index is -1.50. The molecule has 1 aliphatic carbocycles. The zero-order valence-electron chi connectivity index (χ0n) is 16.8. The smallest absolute Gasteiger partial charge is 0.284 e. The monoisotopic (exact) mass is 442 g/mol. The molecule has 0 bridgehead atoms. The van der Waals surface area contributed by atoms with E-state index >= 15 is 0 Å². The number of halogens is 3. The molecule has 1 aliphatic heterocycles. The highest BCUT2D eigenvalue weighted by Gasteiger charge is 2.39. The van der Waals surface area contributed by atoms with Crippen molar-refractivity contribution in [2.24, 2.45) is 0 Å². The van der Waals surface area contributed by atoms with Gasteiger partial charge in [0.15, 0.2) is 5.69 Å². The van der Waals surface area contributed by atoms with Crippen molar-refractivity contribution in [1.29, 1.82) is 0 Å². The van der Waals surface area contributed by atoms with Crippen molar-refractivity contribution in [2.45, 2.75) is 18.9 Å². The van der Waals surface area contributed by atoms with Crippen molar-refractivity contribution in [1.82, 2.24) is 14.8 Å². The second kappa shape index (κ2) is 7.11. The predicted octanol–water partition coefficient (Wildman–Crippen LogP) is 2.24. The van der Waals surface area contributed by atoms with Gasteiger partial charge in [-0.25, -0.2) is 8.78 Å². The van der Waals surface area contributed by atoms with Gasteiger partial charge in [-0.15, -0.1) is 5.10 Å². The van der Waals surface area contributed by atoms with Gasteiger partial charge in [-0.2, -0.15) is 9.18 Å². The van der Waals surface area contributed by atoms with Crippen molar-refractivity contribution in [3.63, 3.8) is 0 Å². The topological polar surface area (TPSA) is 78.7 Å². The van der Waals surface area contributed by atoms with Gasteiger partial charge in [0.05, 0.1) is 6.04 Å². The lowest BCUT2D eigenvalue weighted by atomic mass is 9.93. The number of carbonyl (C=O) groups excluding carboxylic acids is 1. The molecule has 0 unspecified atom stereocenters. The number of aromatic nitrogens is 2. The van der Waals surface area contributed by atoms with Crippen LogP contribution in [0.2, 0.25) is 0 Å². The zero-order chi connectivity index (χ0) is 22.7. The SMILES string of the molecule is CN1CN(C2c3cccc(F)c3CCc3c(F)cccc32)n2nc(F)c(=O)c(O)c2C1=O. The molecule has 0 saturated carbocycles. The Labute approximate surface area is 179 Å². The summed E-state index contributed by atoms with van der Waals surface area (Å²) in [4.78, 5) is 26.7. The molecule has 3 aromatic rings. The van der Waals surface area contributed by atoms with Crippen LogP contribution in [0.5, 0.6) is 5.75 Å². The molecule has 5 rings (SSSR count). The lowest BCUT2D eigenvalue weighted by molar-refractivity contribution is 0.0712. The standard InChI is InChI=1S/C22H17F3N4O3/c1-27-10-28(29-18(22(27)32)19(30)20(31)21(25)26-29)17-13-4-2-6-15(23)11(13)8-9-12-14(17)5-3-7-16(12)24/h2-7,17,30H,8-10H2,1H3. The summed E-state index contributed by atoms with van der Waals surface area (Å²) in [5, 5.41) is 15.3. The number of aromatic hydroxyl groups is 1. The van der Waals surface area contributed by atoms with Gasteiger partial charge >= 0.3 is 0 Å². The van der Waals surface area contributed by atoms with Gasteiger partial charge in [-0.05, 0) is 47.2 Å². The first-order valence-corrected chi connectivity index (χ1v) is 9.88. The quantitative estimate of drug-likeness (QED) is 0.626. The normalized spacial score (nSPS) is 15.8. The second-order valence-electron chi connectivity index (χ2n) is 7.81. The van der Waals surface area contributed by atoms with Crippen LogP contribution in [0.15, 0.2) is 41.2 Å². The van der Waals surface area contributed by atoms with Crippen LogP contribution in [-0.2, 0) is 12.8 Å². The number of fused-ring (bicyclic) bond motifs is 3. The number of hydrogen-bond acceptors (Lipinski definition) is 5. The number of carbonyl (C=O) groups is 1. The Balaban J connectivity index is 1.84. The molecule has 1 N–H and O–H groups in total. The van der Waals surface area contributed by atoms with E-state index in [1.54, 1.807) is 12.1 Å². The molecule has 0 radical (unpaired) electrons. The summed E-state index contributed by atoms with van der Waals surface area (Å²) in [5.74, 6) is -4.25. The van der Waals surface area contributed by atoms with Gasteiger partial charge in [0.1, 0.15) is 18.3 Å². The third-order valence-electron chi connectivity index (χ3n) is 5.98. The van der Waals surface area contributed by atoms with E-state index in [1.165, 1.54) is 41.2 Å². The summed E-state index contributed by atoms with van der Waals surface area (Å²) in [6.07, 6.45) is 0.470. The Kier molecular flexibility index (Phi) is 4.47. The third-order valence-corrected chi connectivity index (χ3v) is 5.98. The molecule has 7 nitrogen and oxygen atoms in total. The highest BCUT2D eigenvalue weighted by atomic mass is 19.1. The van der Waals surface area contributed by atoms with Crippen LogP contribution < -0.4 is 10.4 Å². The Bertz CT molecular complexity index is 1290. The van der Waals surface area contributed by atoms with Crippen LogP contribution in [-0.4, -0.2) is 39.5 Å². The van der Waals surface area contributed by atoms with Crippen molar-refractivity contribution in [2.75, 3.05) is 18.7 Å². The Morgan fingerprint density at radius 3 is 2.09 bits per heavy atom. The molecule has 0 atom stereocenters. The van der Waals surface area contributed by atoms with Gasteiger partial charge in [0, 0.05) is 7.05 Å². The molecule has 32 heavy (non-hydrogen) atoms. The van der Waals surface area contributed by atoms with E-state index < -0.39 is 46.4 Å². The maximum atomic E-state index is 14.8. The summed E-state index contributed by atoms with van der Waals surface area (Å²) < 4.78 is 43.8. The van der Waals surface area contributed by atoms with E-state index in [0.29, 0.717) is 22.3 Å². The maximum absolute atomic E-state index is 14.8. The van der Waals surface area contributed by atoms with Gasteiger partial charge in [0.2, 0.25) is 5.75 Å².